The third-order valence-corrected chi connectivity index (χ3v) is 3.18. The van der Waals surface area contributed by atoms with Crippen LogP contribution in [0.3, 0.4) is 0 Å². The van der Waals surface area contributed by atoms with Crippen molar-refractivity contribution in [3.05, 3.63) is 29.8 Å². The molecule has 1 aliphatic heterocycles. The average Bonchev–Trinajstić information content (AvgIpc) is 2.30. The average molecular weight is 274 g/mol. The number of alkyl halides is 3. The van der Waals surface area contributed by atoms with Crippen molar-refractivity contribution in [2.75, 3.05) is 32.7 Å². The molecule has 1 heterocycles. The highest BCUT2D eigenvalue weighted by atomic mass is 19.4. The minimum atomic E-state index is -4.12. The van der Waals surface area contributed by atoms with Gasteiger partial charge in [0.1, 0.15) is 5.75 Å². The SMILES string of the molecule is Oc1cccc(CN2CCN(CC(F)(F)F)CC2)c1. The van der Waals surface area contributed by atoms with E-state index >= 15 is 0 Å². The van der Waals surface area contributed by atoms with Gasteiger partial charge in [0.25, 0.3) is 0 Å². The second-order valence-electron chi connectivity index (χ2n) is 4.84. The molecule has 1 N–H and O–H groups in total. The maximum absolute atomic E-state index is 12.2. The van der Waals surface area contributed by atoms with Crippen LogP contribution in [0.2, 0.25) is 0 Å². The van der Waals surface area contributed by atoms with E-state index in [-0.39, 0.29) is 5.75 Å². The number of hydrogen-bond donors (Lipinski definition) is 1. The summed E-state index contributed by atoms with van der Waals surface area (Å²) >= 11 is 0. The van der Waals surface area contributed by atoms with Crippen molar-refractivity contribution in [2.24, 2.45) is 0 Å². The van der Waals surface area contributed by atoms with Crippen LogP contribution in [0, 0.1) is 0 Å². The quantitative estimate of drug-likeness (QED) is 0.914. The first-order valence-corrected chi connectivity index (χ1v) is 6.22. The zero-order valence-corrected chi connectivity index (χ0v) is 10.5. The van der Waals surface area contributed by atoms with Crippen LogP contribution in [0.5, 0.6) is 5.75 Å². The van der Waals surface area contributed by atoms with Gasteiger partial charge in [-0.15, -0.1) is 0 Å². The molecule has 1 aliphatic rings. The normalized spacial score (nSPS) is 18.7. The molecule has 19 heavy (non-hydrogen) atoms. The summed E-state index contributed by atoms with van der Waals surface area (Å²) in [5, 5.41) is 9.36. The molecule has 106 valence electrons. The molecule has 6 heteroatoms. The van der Waals surface area contributed by atoms with Crippen molar-refractivity contribution in [3.8, 4) is 5.75 Å². The summed E-state index contributed by atoms with van der Waals surface area (Å²) in [6.07, 6.45) is -4.12. The highest BCUT2D eigenvalue weighted by Gasteiger charge is 2.32. The molecule has 0 atom stereocenters. The number of nitrogens with zero attached hydrogens (tertiary/aromatic N) is 2. The van der Waals surface area contributed by atoms with E-state index in [2.05, 4.69) is 4.90 Å². The fourth-order valence-corrected chi connectivity index (χ4v) is 2.27. The molecule has 3 nitrogen and oxygen atoms in total. The molecular weight excluding hydrogens is 257 g/mol. The number of benzene rings is 1. The first-order chi connectivity index (χ1) is 8.92. The van der Waals surface area contributed by atoms with E-state index in [1.165, 1.54) is 4.90 Å². The van der Waals surface area contributed by atoms with Crippen LogP contribution in [-0.2, 0) is 6.54 Å². The zero-order valence-electron chi connectivity index (χ0n) is 10.5. The highest BCUT2D eigenvalue weighted by molar-refractivity contribution is 5.27. The number of phenolic OH excluding ortho intramolecular Hbond substituents is 1. The number of phenols is 1. The number of halogens is 3. The summed E-state index contributed by atoms with van der Waals surface area (Å²) in [4.78, 5) is 3.53. The largest absolute Gasteiger partial charge is 0.508 e. The van der Waals surface area contributed by atoms with Gasteiger partial charge >= 0.3 is 6.18 Å². The minimum absolute atomic E-state index is 0.216. The Balaban J connectivity index is 1.80. The highest BCUT2D eigenvalue weighted by Crippen LogP contribution is 2.18. The molecular formula is C13H17F3N2O. The number of hydrogen-bond acceptors (Lipinski definition) is 3. The van der Waals surface area contributed by atoms with Crippen molar-refractivity contribution in [1.29, 1.82) is 0 Å². The van der Waals surface area contributed by atoms with E-state index in [4.69, 9.17) is 0 Å². The molecule has 0 amide bonds. The lowest BCUT2D eigenvalue weighted by molar-refractivity contribution is -0.149. The lowest BCUT2D eigenvalue weighted by atomic mass is 10.2. The molecule has 2 rings (SSSR count). The molecule has 1 aromatic rings. The molecule has 1 fully saturated rings. The van der Waals surface area contributed by atoms with E-state index in [1.807, 2.05) is 6.07 Å². The summed E-state index contributed by atoms with van der Waals surface area (Å²) in [7, 11) is 0. The summed E-state index contributed by atoms with van der Waals surface area (Å²) in [6, 6.07) is 6.96. The Bertz CT molecular complexity index is 415. The van der Waals surface area contributed by atoms with Gasteiger partial charge in [-0.3, -0.25) is 9.80 Å². The van der Waals surface area contributed by atoms with E-state index in [9.17, 15) is 18.3 Å². The third-order valence-electron chi connectivity index (χ3n) is 3.18. The van der Waals surface area contributed by atoms with Crippen LogP contribution in [-0.4, -0.2) is 53.8 Å². The van der Waals surface area contributed by atoms with E-state index in [1.54, 1.807) is 18.2 Å². The summed E-state index contributed by atoms with van der Waals surface area (Å²) in [6.45, 7) is 1.93. The maximum Gasteiger partial charge on any atom is 0.401 e. The summed E-state index contributed by atoms with van der Waals surface area (Å²) < 4.78 is 36.7. The number of piperazine rings is 1. The van der Waals surface area contributed by atoms with Gasteiger partial charge in [-0.05, 0) is 17.7 Å². The second kappa shape index (κ2) is 5.79. The molecule has 0 radical (unpaired) electrons. The van der Waals surface area contributed by atoms with Gasteiger partial charge in [0, 0.05) is 32.7 Å². The molecule has 1 saturated heterocycles. The predicted octanol–water partition coefficient (Wildman–Crippen LogP) is 2.07. The monoisotopic (exact) mass is 274 g/mol. The fourth-order valence-electron chi connectivity index (χ4n) is 2.27. The Labute approximate surface area is 110 Å². The van der Waals surface area contributed by atoms with Gasteiger partial charge in [-0.1, -0.05) is 12.1 Å². The molecule has 0 aromatic heterocycles. The van der Waals surface area contributed by atoms with Crippen LogP contribution in [0.1, 0.15) is 5.56 Å². The van der Waals surface area contributed by atoms with Crippen LogP contribution in [0.15, 0.2) is 24.3 Å². The van der Waals surface area contributed by atoms with Crippen LogP contribution in [0.25, 0.3) is 0 Å². The molecule has 0 saturated carbocycles. The molecule has 0 spiro atoms. The number of aromatic hydroxyl groups is 1. The molecule has 0 bridgehead atoms. The summed E-state index contributed by atoms with van der Waals surface area (Å²) in [5.41, 5.74) is 0.976. The Morgan fingerprint density at radius 2 is 1.68 bits per heavy atom. The minimum Gasteiger partial charge on any atom is -0.508 e. The molecule has 0 aliphatic carbocycles. The Hall–Kier alpha value is -1.27. The lowest BCUT2D eigenvalue weighted by Gasteiger charge is -2.35. The topological polar surface area (TPSA) is 26.7 Å². The van der Waals surface area contributed by atoms with Crippen LogP contribution >= 0.6 is 0 Å². The van der Waals surface area contributed by atoms with Gasteiger partial charge in [-0.25, -0.2) is 0 Å². The van der Waals surface area contributed by atoms with Crippen molar-refractivity contribution in [3.63, 3.8) is 0 Å². The van der Waals surface area contributed by atoms with Crippen molar-refractivity contribution < 1.29 is 18.3 Å². The van der Waals surface area contributed by atoms with E-state index < -0.39 is 12.7 Å². The second-order valence-corrected chi connectivity index (χ2v) is 4.84. The number of rotatable bonds is 3. The Morgan fingerprint density at radius 3 is 2.26 bits per heavy atom. The first-order valence-electron chi connectivity index (χ1n) is 6.22. The molecule has 0 unspecified atom stereocenters. The van der Waals surface area contributed by atoms with Crippen LogP contribution < -0.4 is 0 Å². The van der Waals surface area contributed by atoms with Crippen LogP contribution in [0.4, 0.5) is 13.2 Å². The zero-order chi connectivity index (χ0) is 13.9. The lowest BCUT2D eigenvalue weighted by Crippen LogP contribution is -2.48. The van der Waals surface area contributed by atoms with E-state index in [0.29, 0.717) is 32.7 Å². The standard InChI is InChI=1S/C13H17F3N2O/c14-13(15,16)10-18-6-4-17(5-7-18)9-11-2-1-3-12(19)8-11/h1-3,8,19H,4-7,9-10H2. The van der Waals surface area contributed by atoms with Crippen molar-refractivity contribution in [1.82, 2.24) is 9.80 Å². The van der Waals surface area contributed by atoms with E-state index in [0.717, 1.165) is 5.56 Å². The van der Waals surface area contributed by atoms with Crippen molar-refractivity contribution >= 4 is 0 Å². The van der Waals surface area contributed by atoms with Gasteiger partial charge in [0.05, 0.1) is 6.54 Å². The Morgan fingerprint density at radius 1 is 1.05 bits per heavy atom. The van der Waals surface area contributed by atoms with Gasteiger partial charge in [-0.2, -0.15) is 13.2 Å². The Kier molecular flexibility index (Phi) is 4.31. The molecule has 1 aromatic carbocycles. The summed E-state index contributed by atoms with van der Waals surface area (Å²) in [5.74, 6) is 0.216. The van der Waals surface area contributed by atoms with Gasteiger partial charge in [0.15, 0.2) is 0 Å². The van der Waals surface area contributed by atoms with Gasteiger partial charge < -0.3 is 5.11 Å². The van der Waals surface area contributed by atoms with Crippen molar-refractivity contribution in [2.45, 2.75) is 12.7 Å². The predicted molar refractivity (Wildman–Crippen MR) is 65.9 cm³/mol. The first kappa shape index (κ1) is 14.1. The smallest absolute Gasteiger partial charge is 0.401 e. The third kappa shape index (κ3) is 4.72. The van der Waals surface area contributed by atoms with Gasteiger partial charge in [0.2, 0.25) is 0 Å². The fraction of sp³-hybridized carbons (Fsp3) is 0.538. The maximum atomic E-state index is 12.2.